The van der Waals surface area contributed by atoms with E-state index < -0.39 is 29.8 Å². The molecule has 1 unspecified atom stereocenters. The number of H-pyrrole nitrogens is 1. The molecule has 0 radical (unpaired) electrons. The molecule has 2 aliphatic rings. The lowest BCUT2D eigenvalue weighted by atomic mass is 9.97. The number of nitrogens with one attached hydrogen (secondary N) is 4. The average molecular weight is 733 g/mol. The minimum Gasteiger partial charge on any atom is -0.453 e. The molecule has 2 aromatic carbocycles. The molecule has 4 aromatic rings. The van der Waals surface area contributed by atoms with Gasteiger partial charge < -0.3 is 35.5 Å². The Labute approximate surface area is 305 Å². The zero-order chi connectivity index (χ0) is 37.9. The molecule has 4 N–H and O–H groups in total. The highest BCUT2D eigenvalue weighted by Gasteiger charge is 2.38. The molecular formula is C38H43F3N8O4. The fourth-order valence-corrected chi connectivity index (χ4v) is 6.85. The zero-order valence-corrected chi connectivity index (χ0v) is 30.0. The number of methoxy groups -OCH3 is 1. The maximum atomic E-state index is 14.4. The number of rotatable bonds is 9. The first kappa shape index (κ1) is 37.3. The molecule has 12 nitrogen and oxygen atoms in total. The van der Waals surface area contributed by atoms with Gasteiger partial charge in [0.1, 0.15) is 17.7 Å². The number of carbonyl (C=O) groups excluding carboxylic acids is 3. The van der Waals surface area contributed by atoms with Crippen LogP contribution < -0.4 is 20.9 Å². The lowest BCUT2D eigenvalue weighted by Gasteiger charge is -2.34. The molecule has 6 rings (SSSR count). The Kier molecular flexibility index (Phi) is 11.0. The molecular weight excluding hydrogens is 689 g/mol. The van der Waals surface area contributed by atoms with E-state index in [1.807, 2.05) is 13.8 Å². The van der Waals surface area contributed by atoms with Crippen molar-refractivity contribution in [3.63, 3.8) is 0 Å². The van der Waals surface area contributed by atoms with E-state index in [0.717, 1.165) is 37.9 Å². The van der Waals surface area contributed by atoms with Crippen molar-refractivity contribution in [3.8, 4) is 22.4 Å². The molecule has 2 fully saturated rings. The van der Waals surface area contributed by atoms with Crippen molar-refractivity contribution in [1.82, 2.24) is 30.5 Å². The number of nitrogens with zero attached hydrogens (tertiary/aromatic N) is 4. The van der Waals surface area contributed by atoms with Gasteiger partial charge in [-0.05, 0) is 61.1 Å². The van der Waals surface area contributed by atoms with E-state index in [0.29, 0.717) is 35.6 Å². The Balaban J connectivity index is 1.16. The largest absolute Gasteiger partial charge is 0.453 e. The number of halogens is 3. The monoisotopic (exact) mass is 732 g/mol. The van der Waals surface area contributed by atoms with Crippen LogP contribution in [-0.4, -0.2) is 83.1 Å². The standard InChI is InChI=1S/C38H43F3N8O4/c1-22(2)33(47-37(52)53-4)36(51)49-16-5-6-31(49)34-44-21-30(46-34)25-9-7-24(8-10-25)28-13-12-27(18-29(28)38(39,40)41)45-35(50)26-11-14-32(43-20-26)48-17-15-42-19-23(48)3/h7-14,18,20-23,31,33,42H,5-6,15-17,19H2,1-4H3,(H,44,46)(H,45,50)(H,47,52)/t23-,31-,33?/m0/s1. The molecule has 0 aliphatic carbocycles. The molecule has 4 heterocycles. The number of ether oxygens (including phenoxy) is 1. The first-order chi connectivity index (χ1) is 25.3. The molecule has 3 atom stereocenters. The molecule has 2 aromatic heterocycles. The summed E-state index contributed by atoms with van der Waals surface area (Å²) in [7, 11) is 1.24. The number of alkyl halides is 3. The van der Waals surface area contributed by atoms with Crippen LogP contribution in [-0.2, 0) is 15.7 Å². The van der Waals surface area contributed by atoms with Gasteiger partial charge >= 0.3 is 12.3 Å². The molecule has 0 spiro atoms. The highest BCUT2D eigenvalue weighted by molar-refractivity contribution is 6.04. The van der Waals surface area contributed by atoms with E-state index in [1.165, 1.54) is 25.4 Å². The van der Waals surface area contributed by atoms with Gasteiger partial charge in [0, 0.05) is 55.9 Å². The third-order valence-corrected chi connectivity index (χ3v) is 9.72. The van der Waals surface area contributed by atoms with E-state index in [-0.39, 0.29) is 40.7 Å². The van der Waals surface area contributed by atoms with Gasteiger partial charge in [-0.15, -0.1) is 0 Å². The number of hydrogen-bond donors (Lipinski definition) is 4. The molecule has 53 heavy (non-hydrogen) atoms. The Morgan fingerprint density at radius 1 is 1.02 bits per heavy atom. The number of imidazole rings is 1. The third-order valence-electron chi connectivity index (χ3n) is 9.72. The van der Waals surface area contributed by atoms with Crippen molar-refractivity contribution < 1.29 is 32.3 Å². The second-order valence-corrected chi connectivity index (χ2v) is 13.7. The Bertz CT molecular complexity index is 1930. The number of anilines is 2. The minimum absolute atomic E-state index is 0.00628. The number of likely N-dealkylation sites (tertiary alicyclic amines) is 1. The second-order valence-electron chi connectivity index (χ2n) is 13.7. The zero-order valence-electron chi connectivity index (χ0n) is 30.0. The van der Waals surface area contributed by atoms with Crippen LogP contribution in [0.25, 0.3) is 22.4 Å². The topological polar surface area (TPSA) is 145 Å². The maximum Gasteiger partial charge on any atom is 0.417 e. The van der Waals surface area contributed by atoms with Gasteiger partial charge in [0.05, 0.1) is 30.0 Å². The van der Waals surface area contributed by atoms with Crippen LogP contribution in [0.5, 0.6) is 0 Å². The lowest BCUT2D eigenvalue weighted by molar-refractivity contribution is -0.137. The minimum atomic E-state index is -4.69. The molecule has 2 aliphatic heterocycles. The van der Waals surface area contributed by atoms with E-state index >= 15 is 0 Å². The SMILES string of the molecule is COC(=O)NC(C(=O)N1CCC[C@H]1c1nc(-c2ccc(-c3ccc(NC(=O)c4ccc(N5CCNC[C@@H]5C)nc4)cc3C(F)(F)F)cc2)c[nH]1)C(C)C. The Morgan fingerprint density at radius 3 is 2.43 bits per heavy atom. The predicted octanol–water partition coefficient (Wildman–Crippen LogP) is 6.25. The number of carbonyl (C=O) groups is 3. The quantitative estimate of drug-likeness (QED) is 0.158. The molecule has 15 heteroatoms. The van der Waals surface area contributed by atoms with Crippen LogP contribution in [0, 0.1) is 5.92 Å². The van der Waals surface area contributed by atoms with E-state index in [1.54, 1.807) is 47.5 Å². The van der Waals surface area contributed by atoms with Gasteiger partial charge in [0.15, 0.2) is 0 Å². The highest BCUT2D eigenvalue weighted by atomic mass is 19.4. The maximum absolute atomic E-state index is 14.4. The number of amides is 3. The predicted molar refractivity (Wildman–Crippen MR) is 194 cm³/mol. The summed E-state index contributed by atoms with van der Waals surface area (Å²) in [4.78, 5) is 54.6. The molecule has 280 valence electrons. The summed E-state index contributed by atoms with van der Waals surface area (Å²) in [5.74, 6) is 0.343. The number of aromatic amines is 1. The third kappa shape index (κ3) is 8.30. The summed E-state index contributed by atoms with van der Waals surface area (Å²) in [6, 6.07) is 12.8. The van der Waals surface area contributed by atoms with Gasteiger partial charge in [-0.3, -0.25) is 9.59 Å². The number of benzene rings is 2. The molecule has 0 bridgehead atoms. The summed E-state index contributed by atoms with van der Waals surface area (Å²) < 4.78 is 47.9. The first-order valence-corrected chi connectivity index (χ1v) is 17.6. The van der Waals surface area contributed by atoms with Crippen LogP contribution in [0.15, 0.2) is 67.0 Å². The number of hydrogen-bond acceptors (Lipinski definition) is 8. The normalized spacial score (nSPS) is 18.2. The number of aromatic nitrogens is 3. The van der Waals surface area contributed by atoms with E-state index in [9.17, 15) is 27.6 Å². The van der Waals surface area contributed by atoms with Crippen molar-refractivity contribution in [1.29, 1.82) is 0 Å². The van der Waals surface area contributed by atoms with Crippen molar-refractivity contribution in [2.75, 3.05) is 43.5 Å². The highest BCUT2D eigenvalue weighted by Crippen LogP contribution is 2.39. The summed E-state index contributed by atoms with van der Waals surface area (Å²) in [6.45, 7) is 8.69. The Morgan fingerprint density at radius 2 is 1.77 bits per heavy atom. The number of pyridine rings is 1. The summed E-state index contributed by atoms with van der Waals surface area (Å²) in [6.07, 6.45) is -0.812. The number of piperazine rings is 1. The molecule has 2 saturated heterocycles. The van der Waals surface area contributed by atoms with Gasteiger partial charge in [0.2, 0.25) is 5.91 Å². The summed E-state index contributed by atoms with van der Waals surface area (Å²) >= 11 is 0. The average Bonchev–Trinajstić information content (AvgIpc) is 3.84. The summed E-state index contributed by atoms with van der Waals surface area (Å²) in [5, 5.41) is 8.53. The van der Waals surface area contributed by atoms with E-state index in [2.05, 4.69) is 37.7 Å². The van der Waals surface area contributed by atoms with Crippen molar-refractivity contribution in [3.05, 3.63) is 83.9 Å². The van der Waals surface area contributed by atoms with Crippen LogP contribution in [0.4, 0.5) is 29.5 Å². The van der Waals surface area contributed by atoms with Gasteiger partial charge in [-0.1, -0.05) is 44.2 Å². The Hall–Kier alpha value is -5.44. The van der Waals surface area contributed by atoms with Crippen molar-refractivity contribution >= 4 is 29.4 Å². The van der Waals surface area contributed by atoms with Crippen LogP contribution in [0.2, 0.25) is 0 Å². The second kappa shape index (κ2) is 15.7. The van der Waals surface area contributed by atoms with Gasteiger partial charge in [-0.2, -0.15) is 13.2 Å². The fourth-order valence-electron chi connectivity index (χ4n) is 6.85. The van der Waals surface area contributed by atoms with E-state index in [4.69, 9.17) is 9.72 Å². The smallest absolute Gasteiger partial charge is 0.417 e. The number of alkyl carbamates (subject to hydrolysis) is 1. The molecule has 0 saturated carbocycles. The molecule has 3 amide bonds. The van der Waals surface area contributed by atoms with Crippen molar-refractivity contribution in [2.45, 2.75) is 57.9 Å². The summed E-state index contributed by atoms with van der Waals surface area (Å²) in [5.41, 5.74) is 0.878. The van der Waals surface area contributed by atoms with Gasteiger partial charge in [0.25, 0.3) is 5.91 Å². The van der Waals surface area contributed by atoms with Crippen LogP contribution in [0.1, 0.15) is 61.4 Å². The fraction of sp³-hybridized carbons (Fsp3) is 0.395. The van der Waals surface area contributed by atoms with Crippen LogP contribution >= 0.6 is 0 Å². The first-order valence-electron chi connectivity index (χ1n) is 17.6. The van der Waals surface area contributed by atoms with Crippen LogP contribution in [0.3, 0.4) is 0 Å². The van der Waals surface area contributed by atoms with Gasteiger partial charge in [-0.25, -0.2) is 14.8 Å². The lowest BCUT2D eigenvalue weighted by Crippen LogP contribution is -2.51. The van der Waals surface area contributed by atoms with Crippen molar-refractivity contribution in [2.24, 2.45) is 5.92 Å².